The van der Waals surface area contributed by atoms with Gasteiger partial charge in [0.15, 0.2) is 28.6 Å². The van der Waals surface area contributed by atoms with Gasteiger partial charge >= 0.3 is 0 Å². The van der Waals surface area contributed by atoms with Crippen LogP contribution in [-0.4, -0.2) is 49.8 Å². The lowest BCUT2D eigenvalue weighted by Crippen LogP contribution is -2.33. The summed E-state index contributed by atoms with van der Waals surface area (Å²) in [7, 11) is 8.29. The van der Waals surface area contributed by atoms with Crippen molar-refractivity contribution in [3.8, 4) is 45.0 Å². The molecule has 0 radical (unpaired) electrons. The normalized spacial score (nSPS) is 12.9. The molecule has 0 fully saturated rings. The minimum atomic E-state index is 0.677. The molecule has 484 valence electrons. The lowest BCUT2D eigenvalue weighted by Gasteiger charge is -2.13. The Hall–Kier alpha value is -11.4. The molecule has 4 aromatic carbocycles. The molecule has 0 saturated carbocycles. The lowest BCUT2D eigenvalue weighted by molar-refractivity contribution is -0.664. The van der Waals surface area contributed by atoms with E-state index in [0.29, 0.717) is 5.82 Å². The highest BCUT2D eigenvalue weighted by molar-refractivity contribution is 5.88. The van der Waals surface area contributed by atoms with E-state index in [1.54, 1.807) is 0 Å². The van der Waals surface area contributed by atoms with Gasteiger partial charge in [0.25, 0.3) is 25.3 Å². The Morgan fingerprint density at radius 3 is 1.18 bits per heavy atom. The van der Waals surface area contributed by atoms with Crippen LogP contribution in [-0.2, 0) is 53.9 Å². The molecule has 0 N–H and O–H groups in total. The van der Waals surface area contributed by atoms with E-state index in [2.05, 4.69) is 253 Å². The molecule has 4 aliphatic carbocycles. The summed E-state index contributed by atoms with van der Waals surface area (Å²) in [6, 6.07) is 36.3. The van der Waals surface area contributed by atoms with E-state index in [1.807, 2.05) is 81.5 Å². The first-order valence-corrected chi connectivity index (χ1v) is 33.4. The first-order chi connectivity index (χ1) is 47.4. The van der Waals surface area contributed by atoms with Crippen LogP contribution in [0.4, 0.5) is 0 Å². The third kappa shape index (κ3) is 12.7. The lowest BCUT2D eigenvalue weighted by atomic mass is 9.94. The molecule has 12 aromatic rings. The van der Waals surface area contributed by atoms with Crippen LogP contribution in [0.25, 0.3) is 67.3 Å². The summed E-state index contributed by atoms with van der Waals surface area (Å²) < 4.78 is 8.55. The maximum absolute atomic E-state index is 4.75. The molecule has 98 heavy (non-hydrogen) atoms. The van der Waals surface area contributed by atoms with Crippen LogP contribution in [0.2, 0.25) is 0 Å². The van der Waals surface area contributed by atoms with Gasteiger partial charge in [0.2, 0.25) is 0 Å². The summed E-state index contributed by atoms with van der Waals surface area (Å²) in [6.07, 6.45) is 32.4. The molecular formula is C84H82N14+4. The molecule has 0 atom stereocenters. The van der Waals surface area contributed by atoms with Crippen LogP contribution in [0, 0.1) is 69.2 Å². The number of hydrogen-bond acceptors (Lipinski definition) is 10. The van der Waals surface area contributed by atoms with Crippen LogP contribution in [0.3, 0.4) is 0 Å². The topological polar surface area (TPSA) is 144 Å². The Bertz CT molecular complexity index is 4830. The molecule has 4 aliphatic rings. The monoisotopic (exact) mass is 1290 g/mol. The third-order valence-electron chi connectivity index (χ3n) is 19.4. The van der Waals surface area contributed by atoms with Crippen molar-refractivity contribution in [2.24, 2.45) is 28.2 Å². The average Bonchev–Trinajstić information content (AvgIpc) is 1.53. The number of aromatic nitrogens is 14. The molecule has 0 unspecified atom stereocenters. The van der Waals surface area contributed by atoms with E-state index in [-0.39, 0.29) is 0 Å². The smallest absolute Gasteiger partial charge is 0.265 e. The van der Waals surface area contributed by atoms with Gasteiger partial charge in [0, 0.05) is 101 Å². The highest BCUT2D eigenvalue weighted by Gasteiger charge is 2.34. The number of pyridine rings is 3. The zero-order chi connectivity index (χ0) is 68.5. The summed E-state index contributed by atoms with van der Waals surface area (Å²) in [6.45, 7) is 21.8. The van der Waals surface area contributed by atoms with Crippen molar-refractivity contribution in [3.05, 3.63) is 320 Å². The van der Waals surface area contributed by atoms with Crippen LogP contribution >= 0.6 is 0 Å². The second kappa shape index (κ2) is 27.8. The van der Waals surface area contributed by atoms with Gasteiger partial charge < -0.3 is 0 Å². The molecule has 0 spiro atoms. The number of rotatable bonds is 8. The molecule has 0 amide bonds. The molecule has 0 aliphatic heterocycles. The summed E-state index contributed by atoms with van der Waals surface area (Å²) >= 11 is 0. The summed E-state index contributed by atoms with van der Waals surface area (Å²) in [5, 5.41) is 0. The Balaban J connectivity index is 0.000000118. The second-order valence-electron chi connectivity index (χ2n) is 26.1. The van der Waals surface area contributed by atoms with Gasteiger partial charge in [0.1, 0.15) is 35.4 Å². The van der Waals surface area contributed by atoms with Gasteiger partial charge in [-0.05, 0) is 182 Å². The molecule has 0 saturated heterocycles. The highest BCUT2D eigenvalue weighted by Crippen LogP contribution is 2.41. The minimum Gasteiger partial charge on any atom is -0.265 e. The number of benzene rings is 4. The Morgan fingerprint density at radius 1 is 0.316 bits per heavy atom. The first-order valence-electron chi connectivity index (χ1n) is 33.4. The minimum absolute atomic E-state index is 0.677. The third-order valence-corrected chi connectivity index (χ3v) is 19.4. The standard InChI is InChI=1S/3C22H22N3.C18H16N5/c1-14-11-15(2)16(3)20(12-14)22-19-6-5-18(17-7-9-23-10-8-17)21(19)24-13-25(22)4;1-14-10-15(2)16(3)20(11-14)22-19-8-7-18(17-6-5-9-23-12-17)21(19)24-13-25(22)4;1-14-11-15(2)16(3)19(12-14)22-18-9-8-17(20-7-5-6-10-23-20)21(18)24-13-25(22)4;1-12-5-3-4-6-13(12)17-14-7-8-15(16(14)22-11-23(17)2)18-20-9-19-10-21-18/h5,7-13H,6H2,1-4H3;5-7,9-13H,8H2,1-4H3;5-8,10-13H,9H2,1-4H3;3-6,8-11H,7H2,1-2H3/q4*+1. The zero-order valence-corrected chi connectivity index (χ0v) is 58.6. The second-order valence-corrected chi connectivity index (χ2v) is 26.1. The van der Waals surface area contributed by atoms with Gasteiger partial charge in [0.05, 0.1) is 61.7 Å². The molecule has 14 heteroatoms. The van der Waals surface area contributed by atoms with E-state index < -0.39 is 0 Å². The van der Waals surface area contributed by atoms with Crippen LogP contribution in [0.1, 0.15) is 123 Å². The number of aryl methyl sites for hydroxylation is 11. The average molecular weight is 1290 g/mol. The molecule has 16 rings (SSSR count). The summed E-state index contributed by atoms with van der Waals surface area (Å²) in [5.74, 6) is 0.677. The van der Waals surface area contributed by atoms with Crippen LogP contribution < -0.4 is 18.3 Å². The number of allylic oxidation sites excluding steroid dienone is 4. The first kappa shape index (κ1) is 65.3. The van der Waals surface area contributed by atoms with Crippen molar-refractivity contribution in [1.29, 1.82) is 0 Å². The van der Waals surface area contributed by atoms with Crippen molar-refractivity contribution in [2.45, 2.75) is 94.9 Å². The SMILES string of the molecule is Cc1cc(C)c(C)c(-c2c3c(nc[n+]2C)C(c2ccccn2)=CC3)c1.Cc1cc(C)c(C)c(-c2c3c(nc[n+]2C)C(c2cccnc2)=CC3)c1.Cc1cc(C)c(C)c(-c2c3c(nc[n+]2C)C(c2ccncc2)=CC3)c1.Cc1ccccc1-c1c2c(nc[n+]1C)C(c1ncncn1)=CC2. The molecule has 8 aromatic heterocycles. The molecule has 8 heterocycles. The number of hydrogen-bond donors (Lipinski definition) is 0. The zero-order valence-electron chi connectivity index (χ0n) is 58.6. The van der Waals surface area contributed by atoms with Crippen LogP contribution in [0.5, 0.6) is 0 Å². The Morgan fingerprint density at radius 2 is 0.735 bits per heavy atom. The largest absolute Gasteiger partial charge is 0.287 e. The van der Waals surface area contributed by atoms with E-state index in [1.165, 1.54) is 152 Å². The van der Waals surface area contributed by atoms with Gasteiger partial charge in [-0.1, -0.05) is 95.6 Å². The Labute approximate surface area is 575 Å². The van der Waals surface area contributed by atoms with Crippen LogP contribution in [0.15, 0.2) is 196 Å². The number of nitrogens with zero attached hydrogens (tertiary/aromatic N) is 14. The fourth-order valence-corrected chi connectivity index (χ4v) is 14.3. The Kier molecular flexibility index (Phi) is 18.5. The predicted molar refractivity (Wildman–Crippen MR) is 386 cm³/mol. The van der Waals surface area contributed by atoms with Crippen molar-refractivity contribution >= 4 is 22.3 Å². The summed E-state index contributed by atoms with van der Waals surface area (Å²) in [5.41, 5.74) is 40.4. The van der Waals surface area contributed by atoms with Crippen molar-refractivity contribution in [1.82, 2.24) is 49.8 Å². The molecule has 14 nitrogen and oxygen atoms in total. The highest BCUT2D eigenvalue weighted by atomic mass is 15.0. The van der Waals surface area contributed by atoms with Crippen molar-refractivity contribution in [2.75, 3.05) is 0 Å². The predicted octanol–water partition coefficient (Wildman–Crippen LogP) is 13.7. The summed E-state index contributed by atoms with van der Waals surface area (Å²) in [4.78, 5) is 44.2. The van der Waals surface area contributed by atoms with Crippen molar-refractivity contribution < 1.29 is 18.3 Å². The fraction of sp³-hybridized carbons (Fsp3) is 0.214. The fourth-order valence-electron chi connectivity index (χ4n) is 14.3. The molecular weight excluding hydrogens is 1210 g/mol. The molecule has 0 bridgehead atoms. The van der Waals surface area contributed by atoms with E-state index in [0.717, 1.165) is 70.9 Å². The van der Waals surface area contributed by atoms with Crippen molar-refractivity contribution in [3.63, 3.8) is 0 Å². The maximum atomic E-state index is 4.75. The van der Waals surface area contributed by atoms with Gasteiger partial charge in [-0.15, -0.1) is 0 Å². The van der Waals surface area contributed by atoms with E-state index in [9.17, 15) is 0 Å². The van der Waals surface area contributed by atoms with E-state index >= 15 is 0 Å². The van der Waals surface area contributed by atoms with Gasteiger partial charge in [-0.2, -0.15) is 0 Å². The van der Waals surface area contributed by atoms with Gasteiger partial charge in [-0.25, -0.2) is 33.2 Å². The van der Waals surface area contributed by atoms with E-state index in [4.69, 9.17) is 15.0 Å². The quantitative estimate of drug-likeness (QED) is 0.135. The van der Waals surface area contributed by atoms with Gasteiger partial charge in [-0.3, -0.25) is 15.0 Å². The number of fused-ring (bicyclic) bond motifs is 4. The maximum Gasteiger partial charge on any atom is 0.287 e.